The molecular weight excluding hydrogens is 270 g/mol. The fourth-order valence-electron chi connectivity index (χ4n) is 1.78. The van der Waals surface area contributed by atoms with Gasteiger partial charge in [0, 0.05) is 11.8 Å². The molecular formula is C16H17NO4. The van der Waals surface area contributed by atoms with Gasteiger partial charge < -0.3 is 19.9 Å². The van der Waals surface area contributed by atoms with Crippen LogP contribution in [0.15, 0.2) is 48.5 Å². The zero-order chi connectivity index (χ0) is 15.1. The standard InChI is InChI=1S/C16H17NO4/c1-19-15-9-13(17)7-8-14(15)16(18)21-11-20-10-12-5-3-2-4-6-12/h2-9H,10-11,17H2,1H3. The normalized spacial score (nSPS) is 10.1. The Balaban J connectivity index is 1.85. The van der Waals surface area contributed by atoms with Crippen LogP contribution in [-0.2, 0) is 16.1 Å². The molecule has 0 amide bonds. The van der Waals surface area contributed by atoms with Gasteiger partial charge in [-0.3, -0.25) is 0 Å². The molecule has 0 unspecified atom stereocenters. The number of hydrogen-bond acceptors (Lipinski definition) is 5. The molecule has 0 aliphatic rings. The first-order valence-corrected chi connectivity index (χ1v) is 6.43. The lowest BCUT2D eigenvalue weighted by Crippen LogP contribution is -2.10. The summed E-state index contributed by atoms with van der Waals surface area (Å²) in [4.78, 5) is 11.9. The zero-order valence-electron chi connectivity index (χ0n) is 11.7. The van der Waals surface area contributed by atoms with Crippen molar-refractivity contribution in [3.63, 3.8) is 0 Å². The Morgan fingerprint density at radius 1 is 1.14 bits per heavy atom. The number of rotatable bonds is 6. The zero-order valence-corrected chi connectivity index (χ0v) is 11.7. The Morgan fingerprint density at radius 3 is 2.62 bits per heavy atom. The van der Waals surface area contributed by atoms with Crippen molar-refractivity contribution in [1.29, 1.82) is 0 Å². The van der Waals surface area contributed by atoms with E-state index >= 15 is 0 Å². The van der Waals surface area contributed by atoms with E-state index in [1.54, 1.807) is 18.2 Å². The molecule has 0 spiro atoms. The summed E-state index contributed by atoms with van der Waals surface area (Å²) < 4.78 is 15.5. The molecule has 21 heavy (non-hydrogen) atoms. The number of carbonyl (C=O) groups is 1. The van der Waals surface area contributed by atoms with Crippen LogP contribution in [0.3, 0.4) is 0 Å². The number of esters is 1. The molecule has 2 aromatic carbocycles. The highest BCUT2D eigenvalue weighted by atomic mass is 16.7. The molecule has 0 atom stereocenters. The van der Waals surface area contributed by atoms with Crippen molar-refractivity contribution in [1.82, 2.24) is 0 Å². The van der Waals surface area contributed by atoms with Crippen LogP contribution < -0.4 is 10.5 Å². The molecule has 5 heteroatoms. The highest BCUT2D eigenvalue weighted by molar-refractivity contribution is 5.93. The Hall–Kier alpha value is -2.53. The Morgan fingerprint density at radius 2 is 1.90 bits per heavy atom. The van der Waals surface area contributed by atoms with Crippen LogP contribution in [0.4, 0.5) is 5.69 Å². The minimum absolute atomic E-state index is 0.124. The van der Waals surface area contributed by atoms with Gasteiger partial charge in [0.15, 0.2) is 6.79 Å². The van der Waals surface area contributed by atoms with Crippen LogP contribution in [0, 0.1) is 0 Å². The van der Waals surface area contributed by atoms with Gasteiger partial charge in [-0.2, -0.15) is 0 Å². The van der Waals surface area contributed by atoms with Crippen LogP contribution in [0.1, 0.15) is 15.9 Å². The van der Waals surface area contributed by atoms with E-state index in [0.717, 1.165) is 5.56 Å². The molecule has 2 rings (SSSR count). The summed E-state index contributed by atoms with van der Waals surface area (Å²) in [5, 5.41) is 0. The lowest BCUT2D eigenvalue weighted by Gasteiger charge is -2.09. The molecule has 2 aromatic rings. The third-order valence-corrected chi connectivity index (χ3v) is 2.83. The third-order valence-electron chi connectivity index (χ3n) is 2.83. The van der Waals surface area contributed by atoms with Crippen LogP contribution in [-0.4, -0.2) is 19.9 Å². The summed E-state index contributed by atoms with van der Waals surface area (Å²) in [7, 11) is 1.47. The number of nitrogens with two attached hydrogens (primary N) is 1. The molecule has 0 heterocycles. The van der Waals surface area contributed by atoms with Gasteiger partial charge in [0.1, 0.15) is 11.3 Å². The van der Waals surface area contributed by atoms with E-state index in [4.69, 9.17) is 19.9 Å². The van der Waals surface area contributed by atoms with Gasteiger partial charge in [0.05, 0.1) is 13.7 Å². The first kappa shape index (κ1) is 14.9. The lowest BCUT2D eigenvalue weighted by molar-refractivity contribution is -0.0382. The summed E-state index contributed by atoms with van der Waals surface area (Å²) in [6.07, 6.45) is 0. The topological polar surface area (TPSA) is 70.8 Å². The number of carbonyl (C=O) groups excluding carboxylic acids is 1. The second-order valence-corrected chi connectivity index (χ2v) is 4.34. The van der Waals surface area contributed by atoms with Gasteiger partial charge in [0.25, 0.3) is 0 Å². The summed E-state index contributed by atoms with van der Waals surface area (Å²) in [6, 6.07) is 14.4. The van der Waals surface area contributed by atoms with E-state index in [1.165, 1.54) is 7.11 Å². The van der Waals surface area contributed by atoms with Gasteiger partial charge in [0.2, 0.25) is 0 Å². The van der Waals surface area contributed by atoms with Crippen molar-refractivity contribution in [3.8, 4) is 5.75 Å². The number of hydrogen-bond donors (Lipinski definition) is 1. The van der Waals surface area contributed by atoms with Crippen molar-refractivity contribution < 1.29 is 19.0 Å². The SMILES string of the molecule is COc1cc(N)ccc1C(=O)OCOCc1ccccc1. The molecule has 5 nitrogen and oxygen atoms in total. The summed E-state index contributed by atoms with van der Waals surface area (Å²) in [6.45, 7) is 0.258. The maximum Gasteiger partial charge on any atom is 0.344 e. The first-order valence-electron chi connectivity index (χ1n) is 6.43. The second-order valence-electron chi connectivity index (χ2n) is 4.34. The molecule has 0 fully saturated rings. The number of anilines is 1. The van der Waals surface area contributed by atoms with Gasteiger partial charge in [-0.05, 0) is 17.7 Å². The molecule has 0 saturated carbocycles. The fourth-order valence-corrected chi connectivity index (χ4v) is 1.78. The Bertz CT molecular complexity index is 598. The number of benzene rings is 2. The average Bonchev–Trinajstić information content (AvgIpc) is 2.52. The van der Waals surface area contributed by atoms with E-state index in [0.29, 0.717) is 23.6 Å². The van der Waals surface area contributed by atoms with Crippen molar-refractivity contribution >= 4 is 11.7 Å². The summed E-state index contributed by atoms with van der Waals surface area (Å²) in [5.41, 5.74) is 7.48. The predicted molar refractivity (Wildman–Crippen MR) is 78.9 cm³/mol. The molecule has 0 bridgehead atoms. The smallest absolute Gasteiger partial charge is 0.344 e. The van der Waals surface area contributed by atoms with Crippen LogP contribution in [0.5, 0.6) is 5.75 Å². The van der Waals surface area contributed by atoms with Crippen LogP contribution in [0.2, 0.25) is 0 Å². The van der Waals surface area contributed by atoms with Crippen LogP contribution >= 0.6 is 0 Å². The Labute approximate surface area is 123 Å². The van der Waals surface area contributed by atoms with Crippen molar-refractivity contribution in [3.05, 3.63) is 59.7 Å². The van der Waals surface area contributed by atoms with Gasteiger partial charge in [-0.1, -0.05) is 30.3 Å². The highest BCUT2D eigenvalue weighted by Gasteiger charge is 2.13. The molecule has 0 aliphatic carbocycles. The predicted octanol–water partition coefficient (Wildman–Crippen LogP) is 2.61. The van der Waals surface area contributed by atoms with E-state index in [2.05, 4.69) is 0 Å². The van der Waals surface area contributed by atoms with Crippen LogP contribution in [0.25, 0.3) is 0 Å². The second kappa shape index (κ2) is 7.31. The van der Waals surface area contributed by atoms with E-state index < -0.39 is 5.97 Å². The van der Waals surface area contributed by atoms with Crippen molar-refractivity contribution in [2.75, 3.05) is 19.6 Å². The number of methoxy groups -OCH3 is 1. The van der Waals surface area contributed by atoms with Crippen molar-refractivity contribution in [2.24, 2.45) is 0 Å². The average molecular weight is 287 g/mol. The molecule has 110 valence electrons. The monoisotopic (exact) mass is 287 g/mol. The summed E-state index contributed by atoms with van der Waals surface area (Å²) in [5.74, 6) is -0.136. The van der Waals surface area contributed by atoms with Gasteiger partial charge >= 0.3 is 5.97 Å². The van der Waals surface area contributed by atoms with Gasteiger partial charge in [-0.15, -0.1) is 0 Å². The largest absolute Gasteiger partial charge is 0.496 e. The number of nitrogen functional groups attached to an aromatic ring is 1. The first-order chi connectivity index (χ1) is 10.2. The minimum Gasteiger partial charge on any atom is -0.496 e. The molecule has 2 N–H and O–H groups in total. The third kappa shape index (κ3) is 4.22. The minimum atomic E-state index is -0.514. The van der Waals surface area contributed by atoms with Gasteiger partial charge in [-0.25, -0.2) is 4.79 Å². The van der Waals surface area contributed by atoms with E-state index in [-0.39, 0.29) is 6.79 Å². The van der Waals surface area contributed by atoms with Crippen molar-refractivity contribution in [2.45, 2.75) is 6.61 Å². The molecule has 0 aliphatic heterocycles. The molecule has 0 radical (unpaired) electrons. The van der Waals surface area contributed by atoms with E-state index in [9.17, 15) is 4.79 Å². The van der Waals surface area contributed by atoms with E-state index in [1.807, 2.05) is 30.3 Å². The molecule has 0 aromatic heterocycles. The maximum absolute atomic E-state index is 11.9. The maximum atomic E-state index is 11.9. The fraction of sp³-hybridized carbons (Fsp3) is 0.188. The Kier molecular flexibility index (Phi) is 5.17. The highest BCUT2D eigenvalue weighted by Crippen LogP contribution is 2.22. The number of ether oxygens (including phenoxy) is 3. The summed E-state index contributed by atoms with van der Waals surface area (Å²) >= 11 is 0. The lowest BCUT2D eigenvalue weighted by atomic mass is 10.2. The quantitative estimate of drug-likeness (QED) is 0.383. The molecule has 0 saturated heterocycles.